The Labute approximate surface area is 119 Å². The fraction of sp³-hybridized carbons (Fsp3) is 0.167. The molecule has 20 heavy (non-hydrogen) atoms. The molecule has 0 saturated carbocycles. The van der Waals surface area contributed by atoms with Gasteiger partial charge < -0.3 is 4.74 Å². The van der Waals surface area contributed by atoms with E-state index >= 15 is 0 Å². The van der Waals surface area contributed by atoms with Crippen molar-refractivity contribution in [2.24, 2.45) is 0 Å². The average Bonchev–Trinajstić information content (AvgIpc) is 2.49. The molecule has 0 spiro atoms. The second-order valence-electron chi connectivity index (χ2n) is 4.60. The molecule has 2 aromatic carbocycles. The molecular weight excluding hydrogens is 248 g/mol. The van der Waals surface area contributed by atoms with Crippen LogP contribution in [0, 0.1) is 0 Å². The van der Waals surface area contributed by atoms with Gasteiger partial charge in [-0.05, 0) is 30.2 Å². The highest BCUT2D eigenvalue weighted by Crippen LogP contribution is 2.20. The molecule has 2 nitrogen and oxygen atoms in total. The van der Waals surface area contributed by atoms with Gasteiger partial charge in [0, 0.05) is 0 Å². The molecule has 0 fully saturated rings. The van der Waals surface area contributed by atoms with Crippen molar-refractivity contribution in [1.82, 2.24) is 0 Å². The summed E-state index contributed by atoms with van der Waals surface area (Å²) in [6.07, 6.45) is 3.16. The molecule has 1 atom stereocenters. The van der Waals surface area contributed by atoms with E-state index in [4.69, 9.17) is 4.74 Å². The maximum atomic E-state index is 11.1. The van der Waals surface area contributed by atoms with Crippen molar-refractivity contribution in [3.63, 3.8) is 0 Å². The predicted molar refractivity (Wildman–Crippen MR) is 80.2 cm³/mol. The molecule has 0 N–H and O–H groups in total. The molecule has 0 bridgehead atoms. The summed E-state index contributed by atoms with van der Waals surface area (Å²) in [6.45, 7) is 2.05. The zero-order chi connectivity index (χ0) is 14.2. The minimum absolute atomic E-state index is 0.0224. The van der Waals surface area contributed by atoms with Crippen LogP contribution >= 0.6 is 0 Å². The minimum atomic E-state index is -0.208. The molecular formula is C18H18O2. The van der Waals surface area contributed by atoms with Gasteiger partial charge in [-0.1, -0.05) is 60.7 Å². The number of allylic oxidation sites excluding steroid dienone is 1. The van der Waals surface area contributed by atoms with E-state index in [1.165, 1.54) is 6.92 Å². The number of carbonyl (C=O) groups excluding carboxylic acids is 1. The molecule has 0 radical (unpaired) electrons. The summed E-state index contributed by atoms with van der Waals surface area (Å²) in [7, 11) is 0. The Hall–Kier alpha value is -2.19. The molecule has 2 heteroatoms. The van der Waals surface area contributed by atoms with Crippen LogP contribution in [0.4, 0.5) is 0 Å². The van der Waals surface area contributed by atoms with Crippen LogP contribution in [0.15, 0.2) is 72.8 Å². The van der Waals surface area contributed by atoms with Gasteiger partial charge >= 0.3 is 0 Å². The molecule has 0 aliphatic heterocycles. The standard InChI is InChI=1S/C18H18O2/c1-15(19)12-13-18(17-10-6-3-7-11-17)20-14-16-8-4-2-5-9-16/h2-13,18H,14H2,1H3/b13-12+. The SMILES string of the molecule is CC(=O)/C=C/C(OCc1ccccc1)c1ccccc1. The molecule has 0 aliphatic carbocycles. The third kappa shape index (κ3) is 4.48. The summed E-state index contributed by atoms with van der Waals surface area (Å²) in [5.41, 5.74) is 2.16. The van der Waals surface area contributed by atoms with Crippen LogP contribution in [0.3, 0.4) is 0 Å². The van der Waals surface area contributed by atoms with Gasteiger partial charge in [0.2, 0.25) is 0 Å². The van der Waals surface area contributed by atoms with Crippen LogP contribution in [0.1, 0.15) is 24.2 Å². The largest absolute Gasteiger partial charge is 0.365 e. The van der Waals surface area contributed by atoms with Crippen LogP contribution in [-0.2, 0) is 16.1 Å². The third-order valence-corrected chi connectivity index (χ3v) is 2.91. The van der Waals surface area contributed by atoms with Gasteiger partial charge in [-0.25, -0.2) is 0 Å². The number of rotatable bonds is 6. The Balaban J connectivity index is 2.09. The lowest BCUT2D eigenvalue weighted by molar-refractivity contribution is -0.112. The Morgan fingerprint density at radius 3 is 2.25 bits per heavy atom. The fourth-order valence-corrected chi connectivity index (χ4v) is 1.89. The van der Waals surface area contributed by atoms with E-state index in [-0.39, 0.29) is 11.9 Å². The van der Waals surface area contributed by atoms with E-state index in [0.29, 0.717) is 6.61 Å². The Kier molecular flexibility index (Phi) is 5.27. The first-order valence-electron chi connectivity index (χ1n) is 6.65. The van der Waals surface area contributed by atoms with Gasteiger partial charge in [-0.2, -0.15) is 0 Å². The maximum Gasteiger partial charge on any atom is 0.152 e. The first-order valence-corrected chi connectivity index (χ1v) is 6.65. The van der Waals surface area contributed by atoms with Gasteiger partial charge in [-0.3, -0.25) is 4.79 Å². The minimum Gasteiger partial charge on any atom is -0.365 e. The highest BCUT2D eigenvalue weighted by atomic mass is 16.5. The van der Waals surface area contributed by atoms with Gasteiger partial charge in [0.05, 0.1) is 6.61 Å². The molecule has 2 rings (SSSR count). The van der Waals surface area contributed by atoms with Crippen LogP contribution < -0.4 is 0 Å². The summed E-state index contributed by atoms with van der Waals surface area (Å²) in [5.74, 6) is 0.0224. The van der Waals surface area contributed by atoms with E-state index in [1.54, 1.807) is 12.2 Å². The smallest absolute Gasteiger partial charge is 0.152 e. The quantitative estimate of drug-likeness (QED) is 0.736. The Morgan fingerprint density at radius 2 is 1.65 bits per heavy atom. The van der Waals surface area contributed by atoms with Crippen molar-refractivity contribution >= 4 is 5.78 Å². The number of benzene rings is 2. The van der Waals surface area contributed by atoms with E-state index in [1.807, 2.05) is 60.7 Å². The van der Waals surface area contributed by atoms with E-state index in [2.05, 4.69) is 0 Å². The van der Waals surface area contributed by atoms with Gasteiger partial charge in [0.15, 0.2) is 5.78 Å². The maximum absolute atomic E-state index is 11.1. The second-order valence-corrected chi connectivity index (χ2v) is 4.60. The lowest BCUT2D eigenvalue weighted by atomic mass is 10.1. The predicted octanol–water partition coefficient (Wildman–Crippen LogP) is 4.09. The van der Waals surface area contributed by atoms with Crippen molar-refractivity contribution in [2.75, 3.05) is 0 Å². The van der Waals surface area contributed by atoms with E-state index in [9.17, 15) is 4.79 Å². The van der Waals surface area contributed by atoms with Crippen LogP contribution in [0.2, 0.25) is 0 Å². The first kappa shape index (κ1) is 14.2. The molecule has 102 valence electrons. The van der Waals surface area contributed by atoms with E-state index < -0.39 is 0 Å². The first-order chi connectivity index (χ1) is 9.75. The zero-order valence-corrected chi connectivity index (χ0v) is 11.5. The van der Waals surface area contributed by atoms with Crippen LogP contribution in [0.25, 0.3) is 0 Å². The van der Waals surface area contributed by atoms with Crippen LogP contribution in [-0.4, -0.2) is 5.78 Å². The van der Waals surface area contributed by atoms with Crippen molar-refractivity contribution < 1.29 is 9.53 Å². The number of hydrogen-bond donors (Lipinski definition) is 0. The van der Waals surface area contributed by atoms with Crippen molar-refractivity contribution in [3.05, 3.63) is 83.9 Å². The zero-order valence-electron chi connectivity index (χ0n) is 11.5. The summed E-state index contributed by atoms with van der Waals surface area (Å²) < 4.78 is 5.93. The molecule has 0 aromatic heterocycles. The van der Waals surface area contributed by atoms with Crippen molar-refractivity contribution in [3.8, 4) is 0 Å². The molecule has 0 amide bonds. The number of ether oxygens (including phenoxy) is 1. The van der Waals surface area contributed by atoms with Crippen molar-refractivity contribution in [1.29, 1.82) is 0 Å². The van der Waals surface area contributed by atoms with Gasteiger partial charge in [-0.15, -0.1) is 0 Å². The van der Waals surface area contributed by atoms with Gasteiger partial charge in [0.25, 0.3) is 0 Å². The van der Waals surface area contributed by atoms with Gasteiger partial charge in [0.1, 0.15) is 6.10 Å². The molecule has 0 heterocycles. The summed E-state index contributed by atoms with van der Waals surface area (Å²) >= 11 is 0. The highest BCUT2D eigenvalue weighted by molar-refractivity contribution is 5.87. The monoisotopic (exact) mass is 266 g/mol. The molecule has 2 aromatic rings. The molecule has 0 aliphatic rings. The topological polar surface area (TPSA) is 26.3 Å². The number of carbonyl (C=O) groups is 1. The molecule has 1 unspecified atom stereocenters. The molecule has 0 saturated heterocycles. The number of ketones is 1. The van der Waals surface area contributed by atoms with E-state index in [0.717, 1.165) is 11.1 Å². The summed E-state index contributed by atoms with van der Waals surface area (Å²) in [4.78, 5) is 11.1. The van der Waals surface area contributed by atoms with Crippen LogP contribution in [0.5, 0.6) is 0 Å². The Morgan fingerprint density at radius 1 is 1.05 bits per heavy atom. The lowest BCUT2D eigenvalue weighted by Gasteiger charge is -2.14. The highest BCUT2D eigenvalue weighted by Gasteiger charge is 2.08. The summed E-state index contributed by atoms with van der Waals surface area (Å²) in [6, 6.07) is 19.9. The van der Waals surface area contributed by atoms with Crippen molar-refractivity contribution in [2.45, 2.75) is 19.6 Å². The second kappa shape index (κ2) is 7.41. The number of hydrogen-bond acceptors (Lipinski definition) is 2. The Bertz CT molecular complexity index is 558. The normalized spacial score (nSPS) is 12.4. The lowest BCUT2D eigenvalue weighted by Crippen LogP contribution is -2.02. The average molecular weight is 266 g/mol. The fourth-order valence-electron chi connectivity index (χ4n) is 1.89. The summed E-state index contributed by atoms with van der Waals surface area (Å²) in [5, 5.41) is 0. The third-order valence-electron chi connectivity index (χ3n) is 2.91.